The third kappa shape index (κ3) is 1.94. The molecule has 0 aliphatic heterocycles. The molecule has 0 spiro atoms. The lowest BCUT2D eigenvalue weighted by Crippen LogP contribution is -2.36. The first kappa shape index (κ1) is 9.01. The van der Waals surface area contributed by atoms with Crippen molar-refractivity contribution in [3.8, 4) is 0 Å². The molecule has 0 amide bonds. The molecule has 2 heteroatoms. The monoisotopic (exact) mass is 158 g/mol. The Hall–Kier alpha value is -0.0800. The van der Waals surface area contributed by atoms with E-state index < -0.39 is 0 Å². The highest BCUT2D eigenvalue weighted by molar-refractivity contribution is 4.81. The van der Waals surface area contributed by atoms with Crippen LogP contribution in [0.3, 0.4) is 0 Å². The predicted octanol–water partition coefficient (Wildman–Crippen LogP) is 1.57. The number of ether oxygens (including phenoxy) is 1. The van der Waals surface area contributed by atoms with Gasteiger partial charge in [0.1, 0.15) is 0 Å². The van der Waals surface area contributed by atoms with E-state index in [9.17, 15) is 5.11 Å². The van der Waals surface area contributed by atoms with Crippen molar-refractivity contribution < 1.29 is 9.84 Å². The van der Waals surface area contributed by atoms with Gasteiger partial charge in [0.2, 0.25) is 0 Å². The number of aliphatic hydroxyl groups excluding tert-OH is 1. The van der Waals surface area contributed by atoms with Crippen LogP contribution in [0.5, 0.6) is 0 Å². The number of hydrogen-bond donors (Lipinski definition) is 1. The molecule has 66 valence electrons. The number of methoxy groups -OCH3 is 1. The molecule has 1 fully saturated rings. The highest BCUT2D eigenvalue weighted by Gasteiger charge is 2.30. The van der Waals surface area contributed by atoms with Crippen LogP contribution in [0, 0.1) is 5.92 Å². The van der Waals surface area contributed by atoms with Crippen LogP contribution in [-0.2, 0) is 4.74 Å². The summed E-state index contributed by atoms with van der Waals surface area (Å²) in [6, 6.07) is 0. The third-order valence-electron chi connectivity index (χ3n) is 2.73. The van der Waals surface area contributed by atoms with Crippen molar-refractivity contribution >= 4 is 0 Å². The summed E-state index contributed by atoms with van der Waals surface area (Å²) in [5, 5.41) is 9.59. The Kier molecular flexibility index (Phi) is 3.34. The van der Waals surface area contributed by atoms with Crippen LogP contribution >= 0.6 is 0 Å². The minimum atomic E-state index is -0.126. The van der Waals surface area contributed by atoms with E-state index in [-0.39, 0.29) is 6.10 Å². The second-order valence-corrected chi connectivity index (χ2v) is 3.34. The van der Waals surface area contributed by atoms with Gasteiger partial charge in [-0.2, -0.15) is 0 Å². The minimum Gasteiger partial charge on any atom is -0.393 e. The smallest absolute Gasteiger partial charge is 0.0624 e. The zero-order valence-electron chi connectivity index (χ0n) is 7.42. The molecule has 2 nitrogen and oxygen atoms in total. The highest BCUT2D eigenvalue weighted by atomic mass is 16.5. The maximum atomic E-state index is 9.59. The maximum absolute atomic E-state index is 9.59. The van der Waals surface area contributed by atoms with Crippen molar-refractivity contribution in [1.82, 2.24) is 0 Å². The van der Waals surface area contributed by atoms with E-state index in [1.54, 1.807) is 7.11 Å². The summed E-state index contributed by atoms with van der Waals surface area (Å²) >= 11 is 0. The molecule has 1 aliphatic rings. The summed E-state index contributed by atoms with van der Waals surface area (Å²) in [4.78, 5) is 0. The van der Waals surface area contributed by atoms with Gasteiger partial charge in [-0.25, -0.2) is 0 Å². The molecular weight excluding hydrogens is 140 g/mol. The SMILES string of the molecule is CCC1C(O)CCCC1OC. The average molecular weight is 158 g/mol. The van der Waals surface area contributed by atoms with Crippen molar-refractivity contribution in [2.75, 3.05) is 7.11 Å². The molecule has 1 aliphatic carbocycles. The molecule has 3 atom stereocenters. The molecule has 0 radical (unpaired) electrons. The standard InChI is InChI=1S/C9H18O2/c1-3-7-8(10)5-4-6-9(7)11-2/h7-10H,3-6H2,1-2H3. The first-order valence-corrected chi connectivity index (χ1v) is 4.50. The molecule has 0 bridgehead atoms. The quantitative estimate of drug-likeness (QED) is 0.661. The molecule has 0 aromatic rings. The van der Waals surface area contributed by atoms with Crippen LogP contribution in [0.1, 0.15) is 32.6 Å². The summed E-state index contributed by atoms with van der Waals surface area (Å²) in [5.41, 5.74) is 0. The summed E-state index contributed by atoms with van der Waals surface area (Å²) in [6.45, 7) is 2.12. The fraction of sp³-hybridized carbons (Fsp3) is 1.00. The topological polar surface area (TPSA) is 29.5 Å². The predicted molar refractivity (Wildman–Crippen MR) is 44.4 cm³/mol. The van der Waals surface area contributed by atoms with Gasteiger partial charge in [-0.3, -0.25) is 0 Å². The molecular formula is C9H18O2. The van der Waals surface area contributed by atoms with Crippen LogP contribution in [0.2, 0.25) is 0 Å². The van der Waals surface area contributed by atoms with Crippen molar-refractivity contribution in [1.29, 1.82) is 0 Å². The van der Waals surface area contributed by atoms with Crippen molar-refractivity contribution in [2.45, 2.75) is 44.8 Å². The highest BCUT2D eigenvalue weighted by Crippen LogP contribution is 2.28. The molecule has 1 rings (SSSR count). The molecule has 3 unspecified atom stereocenters. The van der Waals surface area contributed by atoms with E-state index in [1.165, 1.54) is 0 Å². The summed E-state index contributed by atoms with van der Waals surface area (Å²) in [5.74, 6) is 0.369. The van der Waals surface area contributed by atoms with Gasteiger partial charge in [-0.15, -0.1) is 0 Å². The molecule has 0 aromatic heterocycles. The third-order valence-corrected chi connectivity index (χ3v) is 2.73. The van der Waals surface area contributed by atoms with Gasteiger partial charge in [-0.05, 0) is 25.7 Å². The van der Waals surface area contributed by atoms with Crippen molar-refractivity contribution in [3.63, 3.8) is 0 Å². The van der Waals surface area contributed by atoms with E-state index in [0.29, 0.717) is 12.0 Å². The molecule has 1 N–H and O–H groups in total. The zero-order chi connectivity index (χ0) is 8.27. The van der Waals surface area contributed by atoms with Crippen molar-refractivity contribution in [2.24, 2.45) is 5.92 Å². The Bertz CT molecular complexity index is 114. The number of hydrogen-bond acceptors (Lipinski definition) is 2. The van der Waals surface area contributed by atoms with E-state index in [0.717, 1.165) is 25.7 Å². The van der Waals surface area contributed by atoms with Gasteiger partial charge in [-0.1, -0.05) is 6.92 Å². The first-order valence-electron chi connectivity index (χ1n) is 4.50. The van der Waals surface area contributed by atoms with Gasteiger partial charge in [0, 0.05) is 13.0 Å². The Balaban J connectivity index is 2.48. The lowest BCUT2D eigenvalue weighted by molar-refractivity contribution is -0.0468. The normalized spacial score (nSPS) is 39.0. The van der Waals surface area contributed by atoms with Gasteiger partial charge >= 0.3 is 0 Å². The first-order chi connectivity index (χ1) is 5.29. The largest absolute Gasteiger partial charge is 0.393 e. The summed E-state index contributed by atoms with van der Waals surface area (Å²) in [7, 11) is 1.74. The number of aliphatic hydroxyl groups is 1. The second kappa shape index (κ2) is 4.07. The summed E-state index contributed by atoms with van der Waals surface area (Å²) in [6.07, 6.45) is 4.38. The van der Waals surface area contributed by atoms with Gasteiger partial charge in [0.15, 0.2) is 0 Å². The van der Waals surface area contributed by atoms with Crippen LogP contribution in [0.4, 0.5) is 0 Å². The van der Waals surface area contributed by atoms with Crippen LogP contribution in [-0.4, -0.2) is 24.4 Å². The fourth-order valence-electron chi connectivity index (χ4n) is 2.03. The average Bonchev–Trinajstić information content (AvgIpc) is 2.04. The van der Waals surface area contributed by atoms with Crippen molar-refractivity contribution in [3.05, 3.63) is 0 Å². The van der Waals surface area contributed by atoms with Crippen LogP contribution in [0.15, 0.2) is 0 Å². The van der Waals surface area contributed by atoms with Crippen LogP contribution in [0.25, 0.3) is 0 Å². The lowest BCUT2D eigenvalue weighted by atomic mass is 9.82. The Morgan fingerprint density at radius 1 is 1.45 bits per heavy atom. The maximum Gasteiger partial charge on any atom is 0.0624 e. The molecule has 1 saturated carbocycles. The summed E-state index contributed by atoms with van der Waals surface area (Å²) < 4.78 is 5.31. The Morgan fingerprint density at radius 2 is 2.18 bits per heavy atom. The fourth-order valence-corrected chi connectivity index (χ4v) is 2.03. The van der Waals surface area contributed by atoms with E-state index in [4.69, 9.17) is 4.74 Å². The Morgan fingerprint density at radius 3 is 2.64 bits per heavy atom. The zero-order valence-corrected chi connectivity index (χ0v) is 7.42. The van der Waals surface area contributed by atoms with E-state index in [1.807, 2.05) is 0 Å². The van der Waals surface area contributed by atoms with Gasteiger partial charge in [0.25, 0.3) is 0 Å². The molecule has 11 heavy (non-hydrogen) atoms. The molecule has 0 saturated heterocycles. The van der Waals surface area contributed by atoms with E-state index >= 15 is 0 Å². The van der Waals surface area contributed by atoms with Gasteiger partial charge in [0.05, 0.1) is 12.2 Å². The number of rotatable bonds is 2. The van der Waals surface area contributed by atoms with Crippen LogP contribution < -0.4 is 0 Å². The van der Waals surface area contributed by atoms with Gasteiger partial charge < -0.3 is 9.84 Å². The molecule has 0 aromatic carbocycles. The van der Waals surface area contributed by atoms with E-state index in [2.05, 4.69) is 6.92 Å². The lowest BCUT2D eigenvalue weighted by Gasteiger charge is -2.33. The Labute approximate surface area is 68.6 Å². The minimum absolute atomic E-state index is 0.126. The second-order valence-electron chi connectivity index (χ2n) is 3.34. The molecule has 0 heterocycles.